The van der Waals surface area contributed by atoms with Crippen LogP contribution in [0.2, 0.25) is 0 Å². The molecule has 1 saturated heterocycles. The molecular weight excluding hydrogens is 541 g/mol. The van der Waals surface area contributed by atoms with Gasteiger partial charge in [0.05, 0.1) is 22.3 Å². The molecule has 0 bridgehead atoms. The maximum Gasteiger partial charge on any atom is 0.416 e. The van der Waals surface area contributed by atoms with Crippen molar-refractivity contribution in [3.63, 3.8) is 0 Å². The van der Waals surface area contributed by atoms with Gasteiger partial charge in [0.1, 0.15) is 0 Å². The predicted octanol–water partition coefficient (Wildman–Crippen LogP) is 5.33. The molecule has 1 N–H and O–H groups in total. The third kappa shape index (κ3) is 6.89. The van der Waals surface area contributed by atoms with Crippen LogP contribution in [0.25, 0.3) is 0 Å². The maximum absolute atomic E-state index is 13.6. The number of aliphatic hydroxyl groups excluding tert-OH is 1. The summed E-state index contributed by atoms with van der Waals surface area (Å²) in [6.45, 7) is 4.65. The van der Waals surface area contributed by atoms with Gasteiger partial charge in [0, 0.05) is 30.6 Å². The topological polar surface area (TPSA) is 77.9 Å². The third-order valence-corrected chi connectivity index (χ3v) is 10.6. The number of likely N-dealkylation sites (tertiary alicyclic amines) is 1. The summed E-state index contributed by atoms with van der Waals surface area (Å²) in [7, 11) is -1.54. The zero-order chi connectivity index (χ0) is 29.2. The summed E-state index contributed by atoms with van der Waals surface area (Å²) < 4.78 is 66.2. The van der Waals surface area contributed by atoms with Gasteiger partial charge in [0.15, 0.2) is 9.84 Å². The molecule has 1 aliphatic carbocycles. The molecule has 220 valence electrons. The number of alkyl halides is 3. The van der Waals surface area contributed by atoms with E-state index in [9.17, 15) is 31.5 Å². The zero-order valence-corrected chi connectivity index (χ0v) is 24.0. The van der Waals surface area contributed by atoms with Crippen molar-refractivity contribution in [3.8, 4) is 0 Å². The van der Waals surface area contributed by atoms with E-state index in [4.69, 9.17) is 0 Å². The molecule has 1 aliphatic heterocycles. The van der Waals surface area contributed by atoms with Crippen molar-refractivity contribution >= 4 is 15.7 Å². The number of sulfone groups is 1. The Morgan fingerprint density at radius 3 is 2.40 bits per heavy atom. The lowest BCUT2D eigenvalue weighted by Crippen LogP contribution is -2.51. The molecule has 2 aromatic carbocycles. The Hall–Kier alpha value is -2.43. The van der Waals surface area contributed by atoms with E-state index in [0.717, 1.165) is 18.6 Å². The first-order chi connectivity index (χ1) is 18.8. The van der Waals surface area contributed by atoms with Gasteiger partial charge < -0.3 is 14.9 Å². The molecule has 0 aromatic heterocycles. The molecule has 1 amide bonds. The Labute approximate surface area is 235 Å². The Balaban J connectivity index is 1.51. The lowest BCUT2D eigenvalue weighted by Gasteiger charge is -2.44. The number of carbonyl (C=O) groups is 1. The number of hydrogen-bond donors (Lipinski definition) is 1. The quantitative estimate of drug-likeness (QED) is 0.434. The van der Waals surface area contributed by atoms with Crippen LogP contribution in [-0.4, -0.2) is 66.7 Å². The molecular formula is C30H39F3N2O4S. The second-order valence-electron chi connectivity index (χ2n) is 11.5. The average Bonchev–Trinajstić information content (AvgIpc) is 3.27. The summed E-state index contributed by atoms with van der Waals surface area (Å²) in [6.07, 6.45) is -3.08. The Morgan fingerprint density at radius 1 is 1.05 bits per heavy atom. The van der Waals surface area contributed by atoms with Crippen LogP contribution < -0.4 is 0 Å². The Kier molecular flexibility index (Phi) is 9.31. The summed E-state index contributed by atoms with van der Waals surface area (Å²) in [5.41, 5.74) is -0.709. The number of amides is 1. The van der Waals surface area contributed by atoms with E-state index in [0.29, 0.717) is 31.8 Å². The average molecular weight is 581 g/mol. The lowest BCUT2D eigenvalue weighted by molar-refractivity contribution is -0.138. The van der Waals surface area contributed by atoms with Crippen LogP contribution >= 0.6 is 0 Å². The summed E-state index contributed by atoms with van der Waals surface area (Å²) >= 11 is 0. The van der Waals surface area contributed by atoms with E-state index in [2.05, 4.69) is 18.7 Å². The molecule has 2 aromatic rings. The number of rotatable bonds is 9. The highest BCUT2D eigenvalue weighted by atomic mass is 32.2. The Morgan fingerprint density at radius 2 is 1.75 bits per heavy atom. The molecule has 1 heterocycles. The minimum absolute atomic E-state index is 0.0229. The Bertz CT molecular complexity index is 1270. The zero-order valence-electron chi connectivity index (χ0n) is 23.2. The number of carbonyl (C=O) groups excluding carboxylic acids is 1. The van der Waals surface area contributed by atoms with Crippen molar-refractivity contribution in [3.05, 3.63) is 65.7 Å². The molecule has 40 heavy (non-hydrogen) atoms. The molecule has 1 unspecified atom stereocenters. The highest BCUT2D eigenvalue weighted by Crippen LogP contribution is 2.39. The molecule has 0 spiro atoms. The minimum atomic E-state index is -4.52. The van der Waals surface area contributed by atoms with Crippen LogP contribution in [0, 0.1) is 11.8 Å². The lowest BCUT2D eigenvalue weighted by atomic mass is 9.80. The van der Waals surface area contributed by atoms with Gasteiger partial charge in [-0.15, -0.1) is 0 Å². The molecule has 10 heteroatoms. The number of benzene rings is 2. The molecule has 2 aliphatic rings. The van der Waals surface area contributed by atoms with Gasteiger partial charge in [-0.25, -0.2) is 8.42 Å². The molecule has 1 saturated carbocycles. The van der Waals surface area contributed by atoms with Gasteiger partial charge in [0.25, 0.3) is 0 Å². The fourth-order valence-electron chi connectivity index (χ4n) is 6.25. The summed E-state index contributed by atoms with van der Waals surface area (Å²) in [6, 6.07) is 13.2. The SMILES string of the molecule is CC(C)N(C)[C@@H]1CC[C@H](N2CC[C@H](CC(O)c3cccc(C(F)(F)F)c3)C2=O)[C@H](CS(=O)(=O)c2ccccc2)C1. The monoisotopic (exact) mass is 580 g/mol. The third-order valence-electron chi connectivity index (χ3n) is 8.70. The van der Waals surface area contributed by atoms with Crippen LogP contribution in [0.1, 0.15) is 63.2 Å². The molecule has 4 rings (SSSR count). The summed E-state index contributed by atoms with van der Waals surface area (Å²) in [4.78, 5) is 17.9. The van der Waals surface area contributed by atoms with E-state index in [-0.39, 0.29) is 46.5 Å². The van der Waals surface area contributed by atoms with Crippen LogP contribution in [0.15, 0.2) is 59.5 Å². The van der Waals surface area contributed by atoms with Gasteiger partial charge in [0.2, 0.25) is 5.91 Å². The van der Waals surface area contributed by atoms with Gasteiger partial charge in [-0.1, -0.05) is 30.3 Å². The van der Waals surface area contributed by atoms with E-state index in [1.54, 1.807) is 35.2 Å². The minimum Gasteiger partial charge on any atom is -0.388 e. The molecule has 2 fully saturated rings. The van der Waals surface area contributed by atoms with Gasteiger partial charge in [-0.3, -0.25) is 4.79 Å². The maximum atomic E-state index is 13.6. The normalized spacial score (nSPS) is 25.1. The van der Waals surface area contributed by atoms with E-state index in [1.807, 2.05) is 7.05 Å². The first-order valence-electron chi connectivity index (χ1n) is 13.9. The van der Waals surface area contributed by atoms with Gasteiger partial charge >= 0.3 is 6.18 Å². The van der Waals surface area contributed by atoms with Crippen molar-refractivity contribution in [2.24, 2.45) is 11.8 Å². The highest BCUT2D eigenvalue weighted by Gasteiger charge is 2.44. The number of halogens is 3. The van der Waals surface area contributed by atoms with Gasteiger partial charge in [-0.05, 0) is 88.7 Å². The van der Waals surface area contributed by atoms with Crippen LogP contribution in [0.5, 0.6) is 0 Å². The fourth-order valence-corrected chi connectivity index (χ4v) is 7.94. The predicted molar refractivity (Wildman–Crippen MR) is 147 cm³/mol. The van der Waals surface area contributed by atoms with Crippen LogP contribution in [0.4, 0.5) is 13.2 Å². The van der Waals surface area contributed by atoms with E-state index in [1.165, 1.54) is 12.1 Å². The van der Waals surface area contributed by atoms with E-state index < -0.39 is 33.6 Å². The second kappa shape index (κ2) is 12.2. The van der Waals surface area contributed by atoms with Crippen molar-refractivity contribution in [2.75, 3.05) is 19.3 Å². The van der Waals surface area contributed by atoms with E-state index >= 15 is 0 Å². The molecule has 0 radical (unpaired) electrons. The molecule has 6 nitrogen and oxygen atoms in total. The highest BCUT2D eigenvalue weighted by molar-refractivity contribution is 7.91. The number of hydrogen-bond acceptors (Lipinski definition) is 5. The first-order valence-corrected chi connectivity index (χ1v) is 15.6. The van der Waals surface area contributed by atoms with Gasteiger partial charge in [-0.2, -0.15) is 13.2 Å². The van der Waals surface area contributed by atoms with Crippen molar-refractivity contribution < 1.29 is 31.5 Å². The fraction of sp³-hybridized carbons (Fsp3) is 0.567. The largest absolute Gasteiger partial charge is 0.416 e. The van der Waals surface area contributed by atoms with Crippen molar-refractivity contribution in [1.29, 1.82) is 0 Å². The van der Waals surface area contributed by atoms with Crippen LogP contribution in [0.3, 0.4) is 0 Å². The first kappa shape index (κ1) is 30.5. The number of aliphatic hydroxyl groups is 1. The van der Waals surface area contributed by atoms with Crippen molar-refractivity contribution in [2.45, 2.75) is 81.3 Å². The smallest absolute Gasteiger partial charge is 0.388 e. The molecule has 5 atom stereocenters. The van der Waals surface area contributed by atoms with Crippen LogP contribution in [-0.2, 0) is 20.8 Å². The summed E-state index contributed by atoms with van der Waals surface area (Å²) in [5, 5.41) is 10.7. The summed E-state index contributed by atoms with van der Waals surface area (Å²) in [5.74, 6) is -1.02. The standard InChI is InChI=1S/C30H39F3N2O4S/c1-20(2)34(3)25-12-13-27(23(17-25)19-40(38,39)26-10-5-4-6-11-26)35-15-14-22(29(35)37)18-28(36)21-8-7-9-24(16-21)30(31,32)33/h4-11,16,20,22-23,25,27-28,36H,12-15,17-19H2,1-3H3/t22-,23+,25-,27+,28?/m1/s1. The van der Waals surface area contributed by atoms with Crippen molar-refractivity contribution in [1.82, 2.24) is 9.80 Å². The number of nitrogens with zero attached hydrogens (tertiary/aromatic N) is 2. The second-order valence-corrected chi connectivity index (χ2v) is 13.6.